The van der Waals surface area contributed by atoms with Crippen LogP contribution in [0.2, 0.25) is 0 Å². The van der Waals surface area contributed by atoms with Crippen LogP contribution in [0.4, 0.5) is 20.4 Å². The Kier molecular flexibility index (Phi) is 4.68. The molecule has 1 fully saturated rings. The zero-order valence-electron chi connectivity index (χ0n) is 13.3. The van der Waals surface area contributed by atoms with Gasteiger partial charge in [0.2, 0.25) is 5.95 Å². The van der Waals surface area contributed by atoms with Crippen molar-refractivity contribution in [1.29, 1.82) is 0 Å². The molecule has 1 aliphatic rings. The second kappa shape index (κ2) is 6.90. The molecule has 2 aromatic rings. The van der Waals surface area contributed by atoms with Gasteiger partial charge in [-0.3, -0.25) is 4.79 Å². The summed E-state index contributed by atoms with van der Waals surface area (Å²) in [5.74, 6) is 0.686. The van der Waals surface area contributed by atoms with E-state index in [4.69, 9.17) is 0 Å². The number of hydrogen-bond acceptors (Lipinski definition) is 6. The summed E-state index contributed by atoms with van der Waals surface area (Å²) in [5, 5.41) is 3.82. The number of nitrogens with zero attached hydrogens (tertiary/aromatic N) is 6. The van der Waals surface area contributed by atoms with Crippen LogP contribution in [0.1, 0.15) is 5.56 Å². The van der Waals surface area contributed by atoms with E-state index < -0.39 is 18.5 Å². The maximum atomic E-state index is 12.4. The molecule has 24 heavy (non-hydrogen) atoms. The molecule has 0 aliphatic carbocycles. The number of aromatic nitrogens is 4. The first kappa shape index (κ1) is 16.3. The van der Waals surface area contributed by atoms with Gasteiger partial charge in [0, 0.05) is 44.6 Å². The predicted octanol–water partition coefficient (Wildman–Crippen LogP) is 0.933. The van der Waals surface area contributed by atoms with Crippen molar-refractivity contribution < 1.29 is 8.78 Å². The molecular weight excluding hydrogens is 318 g/mol. The zero-order valence-corrected chi connectivity index (χ0v) is 13.3. The number of rotatable bonds is 4. The first-order chi connectivity index (χ1) is 11.5. The van der Waals surface area contributed by atoms with E-state index in [1.807, 2.05) is 11.8 Å². The van der Waals surface area contributed by atoms with Gasteiger partial charge in [-0.05, 0) is 12.5 Å². The Bertz CT molecular complexity index is 740. The van der Waals surface area contributed by atoms with Crippen LogP contribution in [0.3, 0.4) is 0 Å². The Hall–Kier alpha value is -2.58. The summed E-state index contributed by atoms with van der Waals surface area (Å²) in [6, 6.07) is 1.35. The molecule has 1 aliphatic heterocycles. The molecule has 128 valence electrons. The van der Waals surface area contributed by atoms with Crippen LogP contribution in [-0.2, 0) is 6.54 Å². The fourth-order valence-electron chi connectivity index (χ4n) is 2.58. The van der Waals surface area contributed by atoms with E-state index in [9.17, 15) is 13.6 Å². The van der Waals surface area contributed by atoms with Gasteiger partial charge in [0.15, 0.2) is 0 Å². The van der Waals surface area contributed by atoms with Crippen LogP contribution < -0.4 is 15.4 Å². The highest BCUT2D eigenvalue weighted by atomic mass is 19.3. The smallest absolute Gasteiger partial charge is 0.269 e. The van der Waals surface area contributed by atoms with Gasteiger partial charge in [-0.2, -0.15) is 5.10 Å². The monoisotopic (exact) mass is 336 g/mol. The summed E-state index contributed by atoms with van der Waals surface area (Å²) >= 11 is 0. The van der Waals surface area contributed by atoms with Crippen molar-refractivity contribution in [2.24, 2.45) is 0 Å². The highest BCUT2D eigenvalue weighted by Gasteiger charge is 2.20. The van der Waals surface area contributed by atoms with E-state index in [1.165, 1.54) is 12.3 Å². The molecule has 0 spiro atoms. The standard InChI is InChI=1S/C15H18F2N6O/c1-11-7-18-15(19-8-11)22-4-2-21(3-5-22)12-6-14(24)23(20-9-12)10-13(16)17/h6-9,13H,2-5,10H2,1H3. The second-order valence-electron chi connectivity index (χ2n) is 5.66. The zero-order chi connectivity index (χ0) is 17.1. The molecule has 0 unspecified atom stereocenters. The predicted molar refractivity (Wildman–Crippen MR) is 85.7 cm³/mol. The van der Waals surface area contributed by atoms with Gasteiger partial charge < -0.3 is 9.80 Å². The number of halogens is 2. The summed E-state index contributed by atoms with van der Waals surface area (Å²) in [7, 11) is 0. The number of piperazine rings is 1. The first-order valence-corrected chi connectivity index (χ1v) is 7.67. The molecule has 0 atom stereocenters. The Morgan fingerprint density at radius 3 is 2.29 bits per heavy atom. The lowest BCUT2D eigenvalue weighted by Gasteiger charge is -2.35. The van der Waals surface area contributed by atoms with Gasteiger partial charge in [0.1, 0.15) is 6.54 Å². The minimum atomic E-state index is -2.60. The molecule has 9 heteroatoms. The van der Waals surface area contributed by atoms with Crippen LogP contribution in [0.15, 0.2) is 29.5 Å². The van der Waals surface area contributed by atoms with E-state index in [-0.39, 0.29) is 0 Å². The van der Waals surface area contributed by atoms with E-state index >= 15 is 0 Å². The largest absolute Gasteiger partial charge is 0.367 e. The van der Waals surface area contributed by atoms with Crippen molar-refractivity contribution in [3.63, 3.8) is 0 Å². The van der Waals surface area contributed by atoms with Crippen LogP contribution in [0, 0.1) is 6.92 Å². The van der Waals surface area contributed by atoms with Crippen LogP contribution in [0.25, 0.3) is 0 Å². The molecule has 3 rings (SSSR count). The summed E-state index contributed by atoms with van der Waals surface area (Å²) in [5.41, 5.74) is 1.14. The minimum absolute atomic E-state index is 0.517. The van der Waals surface area contributed by atoms with Gasteiger partial charge in [-0.25, -0.2) is 23.4 Å². The molecule has 3 heterocycles. The molecule has 7 nitrogen and oxygen atoms in total. The van der Waals surface area contributed by atoms with Crippen LogP contribution in [0.5, 0.6) is 0 Å². The van der Waals surface area contributed by atoms with Crippen molar-refractivity contribution in [3.8, 4) is 0 Å². The SMILES string of the molecule is Cc1cnc(N2CCN(c3cnn(CC(F)F)c(=O)c3)CC2)nc1. The minimum Gasteiger partial charge on any atom is -0.367 e. The summed E-state index contributed by atoms with van der Waals surface area (Å²) in [6.45, 7) is 4.03. The van der Waals surface area contributed by atoms with E-state index in [0.29, 0.717) is 37.8 Å². The van der Waals surface area contributed by atoms with Gasteiger partial charge in [0.05, 0.1) is 11.9 Å². The second-order valence-corrected chi connectivity index (χ2v) is 5.66. The highest BCUT2D eigenvalue weighted by Crippen LogP contribution is 2.16. The first-order valence-electron chi connectivity index (χ1n) is 7.67. The molecule has 0 bridgehead atoms. The van der Waals surface area contributed by atoms with E-state index in [1.54, 1.807) is 12.4 Å². The van der Waals surface area contributed by atoms with Crippen molar-refractivity contribution in [2.75, 3.05) is 36.0 Å². The molecular formula is C15H18F2N6O. The fraction of sp³-hybridized carbons (Fsp3) is 0.467. The molecule has 0 aromatic carbocycles. The maximum absolute atomic E-state index is 12.4. The molecule has 0 amide bonds. The van der Waals surface area contributed by atoms with Crippen molar-refractivity contribution in [3.05, 3.63) is 40.6 Å². The molecule has 0 saturated carbocycles. The van der Waals surface area contributed by atoms with Crippen molar-refractivity contribution >= 4 is 11.6 Å². The maximum Gasteiger partial charge on any atom is 0.269 e. The Labute approximate surface area is 137 Å². The Morgan fingerprint density at radius 2 is 1.71 bits per heavy atom. The van der Waals surface area contributed by atoms with Gasteiger partial charge in [-0.15, -0.1) is 0 Å². The van der Waals surface area contributed by atoms with E-state index in [2.05, 4.69) is 20.0 Å². The van der Waals surface area contributed by atoms with Crippen LogP contribution in [-0.4, -0.2) is 52.4 Å². The van der Waals surface area contributed by atoms with Crippen molar-refractivity contribution in [2.45, 2.75) is 19.9 Å². The lowest BCUT2D eigenvalue weighted by atomic mass is 10.3. The normalized spacial score (nSPS) is 15.2. The Morgan fingerprint density at radius 1 is 1.08 bits per heavy atom. The third-order valence-electron chi connectivity index (χ3n) is 3.86. The average molecular weight is 336 g/mol. The number of anilines is 2. The van der Waals surface area contributed by atoms with Gasteiger partial charge >= 0.3 is 0 Å². The summed E-state index contributed by atoms with van der Waals surface area (Å²) < 4.78 is 25.5. The highest BCUT2D eigenvalue weighted by molar-refractivity contribution is 5.45. The lowest BCUT2D eigenvalue weighted by molar-refractivity contribution is 0.119. The van der Waals surface area contributed by atoms with Crippen molar-refractivity contribution in [1.82, 2.24) is 19.7 Å². The molecule has 0 radical (unpaired) electrons. The third kappa shape index (κ3) is 3.66. The number of hydrogen-bond donors (Lipinski definition) is 0. The molecule has 2 aromatic heterocycles. The summed E-state index contributed by atoms with van der Waals surface area (Å²) in [6.07, 6.45) is 2.42. The number of aryl methyl sites for hydroxylation is 1. The third-order valence-corrected chi connectivity index (χ3v) is 3.86. The molecule has 1 saturated heterocycles. The topological polar surface area (TPSA) is 67.2 Å². The average Bonchev–Trinajstić information content (AvgIpc) is 2.57. The van der Waals surface area contributed by atoms with Gasteiger partial charge in [0.25, 0.3) is 12.0 Å². The van der Waals surface area contributed by atoms with Crippen LogP contribution >= 0.6 is 0 Å². The Balaban J connectivity index is 1.65. The van der Waals surface area contributed by atoms with E-state index in [0.717, 1.165) is 10.2 Å². The number of alkyl halides is 2. The van der Waals surface area contributed by atoms with Gasteiger partial charge in [-0.1, -0.05) is 0 Å². The molecule has 0 N–H and O–H groups in total. The lowest BCUT2D eigenvalue weighted by Crippen LogP contribution is -2.47. The quantitative estimate of drug-likeness (QED) is 0.828. The fourth-order valence-corrected chi connectivity index (χ4v) is 2.58. The summed E-state index contributed by atoms with van der Waals surface area (Å²) in [4.78, 5) is 24.5.